The largest absolute Gasteiger partial charge is 0.497 e. The maximum Gasteiger partial charge on any atom is 0.134 e. The first-order chi connectivity index (χ1) is 13.5. The van der Waals surface area contributed by atoms with Crippen LogP contribution in [0, 0.1) is 13.8 Å². The molecule has 1 fully saturated rings. The molecule has 28 heavy (non-hydrogen) atoms. The zero-order valence-corrected chi connectivity index (χ0v) is 17.5. The van der Waals surface area contributed by atoms with Gasteiger partial charge >= 0.3 is 0 Å². The lowest BCUT2D eigenvalue weighted by Crippen LogP contribution is -2.46. The average molecular weight is 396 g/mol. The van der Waals surface area contributed by atoms with E-state index in [9.17, 15) is 0 Å². The van der Waals surface area contributed by atoms with E-state index in [0.717, 1.165) is 54.9 Å². The Bertz CT molecular complexity index is 997. The van der Waals surface area contributed by atoms with Crippen LogP contribution in [0.2, 0.25) is 5.15 Å². The molecule has 0 aliphatic carbocycles. The molecule has 4 rings (SSSR count). The molecule has 1 aromatic heterocycles. The van der Waals surface area contributed by atoms with Crippen molar-refractivity contribution >= 4 is 28.2 Å². The SMILES string of the molecule is COc1cccc(N2CCN(Cc3cc4ccc(C)c(C)c4nc3Cl)CC2)c1. The highest BCUT2D eigenvalue weighted by Gasteiger charge is 2.19. The number of fused-ring (bicyclic) bond motifs is 1. The van der Waals surface area contributed by atoms with E-state index in [-0.39, 0.29) is 0 Å². The molecule has 1 aliphatic heterocycles. The van der Waals surface area contributed by atoms with Crippen molar-refractivity contribution in [2.24, 2.45) is 0 Å². The number of aromatic nitrogens is 1. The Morgan fingerprint density at radius 2 is 1.82 bits per heavy atom. The second-order valence-corrected chi connectivity index (χ2v) is 7.84. The molecule has 0 bridgehead atoms. The summed E-state index contributed by atoms with van der Waals surface area (Å²) in [5.41, 5.74) is 5.79. The topological polar surface area (TPSA) is 28.6 Å². The molecule has 5 heteroatoms. The molecule has 2 heterocycles. The van der Waals surface area contributed by atoms with Crippen LogP contribution in [0.1, 0.15) is 16.7 Å². The molecule has 0 spiro atoms. The summed E-state index contributed by atoms with van der Waals surface area (Å²) < 4.78 is 5.35. The highest BCUT2D eigenvalue weighted by molar-refractivity contribution is 6.30. The van der Waals surface area contributed by atoms with Crippen LogP contribution < -0.4 is 9.64 Å². The fourth-order valence-electron chi connectivity index (χ4n) is 3.83. The lowest BCUT2D eigenvalue weighted by molar-refractivity contribution is 0.249. The van der Waals surface area contributed by atoms with E-state index < -0.39 is 0 Å². The van der Waals surface area contributed by atoms with E-state index in [2.05, 4.69) is 54.0 Å². The summed E-state index contributed by atoms with van der Waals surface area (Å²) in [7, 11) is 1.71. The van der Waals surface area contributed by atoms with Crippen molar-refractivity contribution in [3.8, 4) is 5.75 Å². The zero-order chi connectivity index (χ0) is 19.7. The lowest BCUT2D eigenvalue weighted by Gasteiger charge is -2.36. The van der Waals surface area contributed by atoms with Crippen molar-refractivity contribution in [3.63, 3.8) is 0 Å². The molecule has 0 unspecified atom stereocenters. The van der Waals surface area contributed by atoms with Crippen molar-refractivity contribution in [2.75, 3.05) is 38.2 Å². The summed E-state index contributed by atoms with van der Waals surface area (Å²) >= 11 is 6.54. The van der Waals surface area contributed by atoms with Crippen LogP contribution in [0.4, 0.5) is 5.69 Å². The van der Waals surface area contributed by atoms with Crippen LogP contribution in [0.15, 0.2) is 42.5 Å². The molecule has 1 saturated heterocycles. The Hall–Kier alpha value is -2.30. The summed E-state index contributed by atoms with van der Waals surface area (Å²) in [6.45, 7) is 9.03. The number of halogens is 1. The third-order valence-electron chi connectivity index (χ3n) is 5.72. The fraction of sp³-hybridized carbons (Fsp3) is 0.348. The highest BCUT2D eigenvalue weighted by atomic mass is 35.5. The third-order valence-corrected chi connectivity index (χ3v) is 6.05. The first-order valence-electron chi connectivity index (χ1n) is 9.72. The molecule has 0 saturated carbocycles. The number of benzene rings is 2. The monoisotopic (exact) mass is 395 g/mol. The number of aryl methyl sites for hydroxylation is 2. The number of methoxy groups -OCH3 is 1. The average Bonchev–Trinajstić information content (AvgIpc) is 2.73. The minimum atomic E-state index is 0.622. The van der Waals surface area contributed by atoms with Crippen molar-refractivity contribution in [2.45, 2.75) is 20.4 Å². The summed E-state index contributed by atoms with van der Waals surface area (Å²) in [6, 6.07) is 14.8. The first-order valence-corrected chi connectivity index (χ1v) is 10.1. The molecule has 2 aromatic carbocycles. The maximum atomic E-state index is 6.54. The molecule has 146 valence electrons. The van der Waals surface area contributed by atoms with Crippen LogP contribution >= 0.6 is 11.6 Å². The van der Waals surface area contributed by atoms with Crippen molar-refractivity contribution in [3.05, 3.63) is 64.3 Å². The van der Waals surface area contributed by atoms with E-state index in [1.807, 2.05) is 12.1 Å². The van der Waals surface area contributed by atoms with Crippen LogP contribution in [-0.2, 0) is 6.54 Å². The number of hydrogen-bond donors (Lipinski definition) is 0. The molecule has 0 N–H and O–H groups in total. The molecular formula is C23H26ClN3O. The van der Waals surface area contributed by atoms with Gasteiger partial charge in [-0.1, -0.05) is 29.8 Å². The predicted molar refractivity (Wildman–Crippen MR) is 117 cm³/mol. The highest BCUT2D eigenvalue weighted by Crippen LogP contribution is 2.27. The van der Waals surface area contributed by atoms with E-state index in [4.69, 9.17) is 21.3 Å². The van der Waals surface area contributed by atoms with Gasteiger partial charge in [0.25, 0.3) is 0 Å². The molecular weight excluding hydrogens is 370 g/mol. The van der Waals surface area contributed by atoms with Crippen molar-refractivity contribution < 1.29 is 4.74 Å². The minimum Gasteiger partial charge on any atom is -0.497 e. The normalized spacial score (nSPS) is 15.2. The summed E-state index contributed by atoms with van der Waals surface area (Å²) in [4.78, 5) is 9.56. The summed E-state index contributed by atoms with van der Waals surface area (Å²) in [6.07, 6.45) is 0. The number of ether oxygens (including phenoxy) is 1. The van der Waals surface area contributed by atoms with Gasteiger partial charge in [-0.3, -0.25) is 4.90 Å². The molecule has 0 radical (unpaired) electrons. The van der Waals surface area contributed by atoms with Gasteiger partial charge in [0, 0.05) is 55.4 Å². The quantitative estimate of drug-likeness (QED) is 0.591. The Kier molecular flexibility index (Phi) is 5.42. The number of piperazine rings is 1. The van der Waals surface area contributed by atoms with Gasteiger partial charge in [-0.25, -0.2) is 4.98 Å². The minimum absolute atomic E-state index is 0.622. The van der Waals surface area contributed by atoms with Crippen LogP contribution in [0.25, 0.3) is 10.9 Å². The maximum absolute atomic E-state index is 6.54. The Balaban J connectivity index is 1.46. The third kappa shape index (κ3) is 3.80. The van der Waals surface area contributed by atoms with Gasteiger partial charge in [-0.15, -0.1) is 0 Å². The Morgan fingerprint density at radius 1 is 1.04 bits per heavy atom. The van der Waals surface area contributed by atoms with E-state index in [1.165, 1.54) is 16.8 Å². The fourth-order valence-corrected chi connectivity index (χ4v) is 4.03. The Labute approximate surface area is 171 Å². The summed E-state index contributed by atoms with van der Waals surface area (Å²) in [5, 5.41) is 1.79. The van der Waals surface area contributed by atoms with Crippen molar-refractivity contribution in [1.82, 2.24) is 9.88 Å². The number of pyridine rings is 1. The summed E-state index contributed by atoms with van der Waals surface area (Å²) in [5.74, 6) is 0.902. The second kappa shape index (κ2) is 7.98. The molecule has 0 atom stereocenters. The van der Waals surface area contributed by atoms with Gasteiger partial charge < -0.3 is 9.64 Å². The van der Waals surface area contributed by atoms with E-state index in [0.29, 0.717) is 5.15 Å². The lowest BCUT2D eigenvalue weighted by atomic mass is 10.0. The van der Waals surface area contributed by atoms with Gasteiger partial charge in [0.2, 0.25) is 0 Å². The smallest absolute Gasteiger partial charge is 0.134 e. The van der Waals surface area contributed by atoms with E-state index >= 15 is 0 Å². The van der Waals surface area contributed by atoms with Crippen LogP contribution in [0.5, 0.6) is 5.75 Å². The van der Waals surface area contributed by atoms with Gasteiger partial charge in [-0.2, -0.15) is 0 Å². The molecule has 1 aliphatic rings. The standard InChI is InChI=1S/C23H26ClN3O/c1-16-7-8-18-13-19(23(24)25-22(18)17(16)2)15-26-9-11-27(12-10-26)20-5-4-6-21(14-20)28-3/h4-8,13-14H,9-12,15H2,1-3H3. The Morgan fingerprint density at radius 3 is 2.57 bits per heavy atom. The van der Waals surface area contributed by atoms with Crippen LogP contribution in [0.3, 0.4) is 0 Å². The number of anilines is 1. The number of hydrogen-bond acceptors (Lipinski definition) is 4. The van der Waals surface area contributed by atoms with Gasteiger partial charge in [-0.05, 0) is 43.2 Å². The van der Waals surface area contributed by atoms with Gasteiger partial charge in [0.05, 0.1) is 12.6 Å². The van der Waals surface area contributed by atoms with Crippen molar-refractivity contribution in [1.29, 1.82) is 0 Å². The second-order valence-electron chi connectivity index (χ2n) is 7.48. The van der Waals surface area contributed by atoms with Gasteiger partial charge in [0.15, 0.2) is 0 Å². The molecule has 4 nitrogen and oxygen atoms in total. The molecule has 3 aromatic rings. The van der Waals surface area contributed by atoms with Crippen LogP contribution in [-0.4, -0.2) is 43.2 Å². The molecule has 0 amide bonds. The first kappa shape index (κ1) is 19.0. The number of rotatable bonds is 4. The van der Waals surface area contributed by atoms with E-state index in [1.54, 1.807) is 7.11 Å². The predicted octanol–water partition coefficient (Wildman–Crippen LogP) is 4.84. The van der Waals surface area contributed by atoms with Gasteiger partial charge in [0.1, 0.15) is 10.9 Å². The zero-order valence-electron chi connectivity index (χ0n) is 16.7. The number of nitrogens with zero attached hydrogens (tertiary/aromatic N) is 3.